The van der Waals surface area contributed by atoms with Crippen LogP contribution in [0.4, 0.5) is 0 Å². The third kappa shape index (κ3) is 20.0. The highest BCUT2D eigenvalue weighted by Gasteiger charge is 2.24. The Morgan fingerprint density at radius 3 is 1.38 bits per heavy atom. The molecule has 0 bridgehead atoms. The Bertz CT molecular complexity index is 506. The second-order valence-corrected chi connectivity index (χ2v) is 9.88. The van der Waals surface area contributed by atoms with Crippen LogP contribution in [0.2, 0.25) is 0 Å². The van der Waals surface area contributed by atoms with E-state index in [9.17, 15) is 14.4 Å². The Morgan fingerprint density at radius 2 is 0.971 bits per heavy atom. The highest BCUT2D eigenvalue weighted by atomic mass is 16.5. The van der Waals surface area contributed by atoms with Crippen molar-refractivity contribution < 1.29 is 19.1 Å². The fraction of sp³-hybridized carbons (Fsp3) is 0.897. The molecule has 0 aromatic carbocycles. The Balaban J connectivity index is 3.91. The van der Waals surface area contributed by atoms with Gasteiger partial charge >= 0.3 is 5.97 Å². The summed E-state index contributed by atoms with van der Waals surface area (Å²) in [5, 5.41) is 2.62. The van der Waals surface area contributed by atoms with Gasteiger partial charge in [-0.3, -0.25) is 9.59 Å². The first-order valence-electron chi connectivity index (χ1n) is 14.5. The average molecular weight is 482 g/mol. The summed E-state index contributed by atoms with van der Waals surface area (Å²) in [5.41, 5.74) is 0. The molecule has 0 aliphatic rings. The third-order valence-corrected chi connectivity index (χ3v) is 6.65. The summed E-state index contributed by atoms with van der Waals surface area (Å²) >= 11 is 0. The van der Waals surface area contributed by atoms with Crippen LogP contribution in [0.15, 0.2) is 0 Å². The van der Waals surface area contributed by atoms with E-state index in [1.165, 1.54) is 97.0 Å². The van der Waals surface area contributed by atoms with Gasteiger partial charge in [0.15, 0.2) is 0 Å². The van der Waals surface area contributed by atoms with Crippen LogP contribution in [-0.4, -0.2) is 30.8 Å². The van der Waals surface area contributed by atoms with Crippen molar-refractivity contribution in [3.05, 3.63) is 0 Å². The summed E-state index contributed by atoms with van der Waals surface area (Å²) in [5.74, 6) is -1.52. The van der Waals surface area contributed by atoms with Crippen LogP contribution in [0.3, 0.4) is 0 Å². The standard InChI is InChI=1S/C29H55NO4/c1-4-6-8-10-12-14-15-16-17-18-20-22-24-26(29(33)34-3)30-28(32)27(31)25-23-21-19-13-11-9-7-5-2/h26H,4-25H2,1-3H3,(H,30,32). The molecule has 0 aliphatic heterocycles. The third-order valence-electron chi connectivity index (χ3n) is 6.65. The molecule has 1 N–H and O–H groups in total. The zero-order valence-electron chi connectivity index (χ0n) is 22.8. The van der Waals surface area contributed by atoms with Gasteiger partial charge in [-0.05, 0) is 12.8 Å². The second kappa shape index (κ2) is 24.7. The lowest BCUT2D eigenvalue weighted by Gasteiger charge is -2.16. The molecule has 200 valence electrons. The lowest BCUT2D eigenvalue weighted by atomic mass is 10.0. The van der Waals surface area contributed by atoms with Crippen LogP contribution in [-0.2, 0) is 19.1 Å². The van der Waals surface area contributed by atoms with Crippen molar-refractivity contribution in [1.29, 1.82) is 0 Å². The highest BCUT2D eigenvalue weighted by Crippen LogP contribution is 2.14. The summed E-state index contributed by atoms with van der Waals surface area (Å²) in [6, 6.07) is -0.719. The molecule has 34 heavy (non-hydrogen) atoms. The molecular formula is C29H55NO4. The monoisotopic (exact) mass is 481 g/mol. The maximum absolute atomic E-state index is 12.3. The number of amides is 1. The van der Waals surface area contributed by atoms with Gasteiger partial charge in [-0.2, -0.15) is 0 Å². The second-order valence-electron chi connectivity index (χ2n) is 9.88. The first-order chi connectivity index (χ1) is 16.6. The lowest BCUT2D eigenvalue weighted by molar-refractivity contribution is -0.146. The van der Waals surface area contributed by atoms with E-state index in [4.69, 9.17) is 4.74 Å². The Morgan fingerprint density at radius 1 is 0.588 bits per heavy atom. The average Bonchev–Trinajstić information content (AvgIpc) is 2.84. The molecule has 0 radical (unpaired) electrons. The number of ether oxygens (including phenoxy) is 1. The number of Topliss-reactive ketones (excluding diaryl/α,β-unsaturated/α-hetero) is 1. The van der Waals surface area contributed by atoms with E-state index < -0.39 is 23.7 Å². The van der Waals surface area contributed by atoms with Crippen LogP contribution in [0, 0.1) is 0 Å². The fourth-order valence-corrected chi connectivity index (χ4v) is 4.35. The number of hydrogen-bond acceptors (Lipinski definition) is 4. The molecule has 5 heteroatoms. The van der Waals surface area contributed by atoms with Gasteiger partial charge in [-0.1, -0.05) is 136 Å². The van der Waals surface area contributed by atoms with E-state index >= 15 is 0 Å². The van der Waals surface area contributed by atoms with Crippen LogP contribution >= 0.6 is 0 Å². The molecule has 0 rings (SSSR count). The fourth-order valence-electron chi connectivity index (χ4n) is 4.35. The number of unbranched alkanes of at least 4 members (excludes halogenated alkanes) is 18. The van der Waals surface area contributed by atoms with Crippen molar-refractivity contribution in [3.63, 3.8) is 0 Å². The van der Waals surface area contributed by atoms with E-state index in [-0.39, 0.29) is 6.42 Å². The number of esters is 1. The minimum Gasteiger partial charge on any atom is -0.467 e. The molecule has 0 fully saturated rings. The number of ketones is 1. The number of carbonyl (C=O) groups is 3. The summed E-state index contributed by atoms with van der Waals surface area (Å²) < 4.78 is 4.84. The van der Waals surface area contributed by atoms with Crippen LogP contribution in [0.1, 0.15) is 155 Å². The largest absolute Gasteiger partial charge is 0.467 e. The molecule has 0 aromatic rings. The first-order valence-corrected chi connectivity index (χ1v) is 14.5. The number of carbonyl (C=O) groups excluding carboxylic acids is 3. The Hall–Kier alpha value is -1.39. The normalized spacial score (nSPS) is 11.9. The van der Waals surface area contributed by atoms with Gasteiger partial charge in [0.1, 0.15) is 6.04 Å². The molecule has 0 spiro atoms. The summed E-state index contributed by atoms with van der Waals surface area (Å²) in [7, 11) is 1.33. The Kier molecular flexibility index (Phi) is 23.7. The van der Waals surface area contributed by atoms with Crippen molar-refractivity contribution in [1.82, 2.24) is 5.32 Å². The molecule has 1 atom stereocenters. The summed E-state index contributed by atoms with van der Waals surface area (Å²) in [6.45, 7) is 4.46. The number of hydrogen-bond donors (Lipinski definition) is 1. The van der Waals surface area contributed by atoms with E-state index in [1.807, 2.05) is 0 Å². The molecule has 1 unspecified atom stereocenters. The molecule has 1 amide bonds. The predicted octanol–water partition coefficient (Wildman–Crippen LogP) is 7.84. The molecule has 0 aromatic heterocycles. The van der Waals surface area contributed by atoms with Gasteiger partial charge in [0.05, 0.1) is 7.11 Å². The highest BCUT2D eigenvalue weighted by molar-refractivity contribution is 6.36. The van der Waals surface area contributed by atoms with Gasteiger partial charge < -0.3 is 10.1 Å². The van der Waals surface area contributed by atoms with E-state index in [0.29, 0.717) is 6.42 Å². The number of methoxy groups -OCH3 is 1. The van der Waals surface area contributed by atoms with Crippen molar-refractivity contribution in [2.45, 2.75) is 161 Å². The quantitative estimate of drug-likeness (QED) is 0.0819. The van der Waals surface area contributed by atoms with Crippen molar-refractivity contribution in [2.75, 3.05) is 7.11 Å². The van der Waals surface area contributed by atoms with Crippen LogP contribution in [0.5, 0.6) is 0 Å². The van der Waals surface area contributed by atoms with Crippen molar-refractivity contribution in [3.8, 4) is 0 Å². The van der Waals surface area contributed by atoms with Crippen molar-refractivity contribution in [2.24, 2.45) is 0 Å². The zero-order valence-corrected chi connectivity index (χ0v) is 22.8. The maximum Gasteiger partial charge on any atom is 0.328 e. The molecular weight excluding hydrogens is 426 g/mol. The molecule has 0 heterocycles. The van der Waals surface area contributed by atoms with E-state index in [0.717, 1.165) is 38.5 Å². The molecule has 0 saturated heterocycles. The smallest absolute Gasteiger partial charge is 0.328 e. The van der Waals surface area contributed by atoms with Gasteiger partial charge in [0.25, 0.3) is 5.91 Å². The number of rotatable bonds is 25. The van der Waals surface area contributed by atoms with Gasteiger partial charge in [0.2, 0.25) is 5.78 Å². The van der Waals surface area contributed by atoms with Crippen LogP contribution < -0.4 is 5.32 Å². The zero-order chi connectivity index (χ0) is 25.3. The van der Waals surface area contributed by atoms with E-state index in [1.54, 1.807) is 0 Å². The minimum atomic E-state index is -0.719. The number of nitrogens with one attached hydrogen (secondary N) is 1. The minimum absolute atomic E-state index is 0.257. The summed E-state index contributed by atoms with van der Waals surface area (Å²) in [4.78, 5) is 36.5. The lowest BCUT2D eigenvalue weighted by Crippen LogP contribution is -2.44. The Labute approximate surface area is 210 Å². The predicted molar refractivity (Wildman–Crippen MR) is 142 cm³/mol. The maximum atomic E-state index is 12.3. The van der Waals surface area contributed by atoms with Crippen LogP contribution in [0.25, 0.3) is 0 Å². The molecule has 5 nitrogen and oxygen atoms in total. The SMILES string of the molecule is CCCCCCCCCCCCCCC(NC(=O)C(=O)CCCCCCCCCC)C(=O)OC. The summed E-state index contributed by atoms with van der Waals surface area (Å²) in [6.07, 6.45) is 24.8. The molecule has 0 aliphatic carbocycles. The van der Waals surface area contributed by atoms with Gasteiger partial charge in [-0.25, -0.2) is 4.79 Å². The first kappa shape index (κ1) is 32.6. The van der Waals surface area contributed by atoms with Crippen molar-refractivity contribution >= 4 is 17.7 Å². The van der Waals surface area contributed by atoms with E-state index in [2.05, 4.69) is 19.2 Å². The van der Waals surface area contributed by atoms with Gasteiger partial charge in [0, 0.05) is 6.42 Å². The topological polar surface area (TPSA) is 72.5 Å². The van der Waals surface area contributed by atoms with Gasteiger partial charge in [-0.15, -0.1) is 0 Å². The molecule has 0 saturated carbocycles.